The second-order valence-electron chi connectivity index (χ2n) is 2.04. The minimum Gasteiger partial charge on any atom is -0.391 e. The van der Waals surface area contributed by atoms with Crippen LogP contribution >= 0.6 is 24.0 Å². The van der Waals surface area contributed by atoms with Crippen LogP contribution in [0.1, 0.15) is 10.4 Å². The van der Waals surface area contributed by atoms with Gasteiger partial charge in [0.05, 0.1) is 6.61 Å². The third-order valence-electron chi connectivity index (χ3n) is 1.33. The van der Waals surface area contributed by atoms with Crippen LogP contribution in [-0.2, 0) is 6.61 Å². The van der Waals surface area contributed by atoms with Crippen molar-refractivity contribution in [1.82, 2.24) is 0 Å². The Hall–Kier alpha value is -0.250. The molecule has 0 aliphatic rings. The van der Waals surface area contributed by atoms with Crippen molar-refractivity contribution in [3.05, 3.63) is 28.0 Å². The molecule has 1 rings (SSSR count). The number of aliphatic hydroxyl groups excluding tert-OH is 1. The summed E-state index contributed by atoms with van der Waals surface area (Å²) in [5.41, 5.74) is 1.10. The highest BCUT2D eigenvalue weighted by molar-refractivity contribution is 7.80. The quantitative estimate of drug-likeness (QED) is 0.693. The first-order valence-electron chi connectivity index (χ1n) is 3.33. The summed E-state index contributed by atoms with van der Waals surface area (Å²) in [6, 6.07) is 2.00. The molecular formula is C8H10OS2. The Bertz CT molecular complexity index is 240. The van der Waals surface area contributed by atoms with Gasteiger partial charge in [-0.1, -0.05) is 12.2 Å². The molecule has 1 nitrogen and oxygen atoms in total. The van der Waals surface area contributed by atoms with Gasteiger partial charge in [-0.3, -0.25) is 0 Å². The second-order valence-corrected chi connectivity index (χ2v) is 3.41. The average Bonchev–Trinajstić information content (AvgIpc) is 2.47. The predicted octanol–water partition coefficient (Wildman–Crippen LogP) is 2.18. The normalized spacial score (nSPS) is 11.1. The van der Waals surface area contributed by atoms with Crippen LogP contribution in [0.2, 0.25) is 0 Å². The monoisotopic (exact) mass is 186 g/mol. The summed E-state index contributed by atoms with van der Waals surface area (Å²) < 4.78 is 0. The lowest BCUT2D eigenvalue weighted by Gasteiger charge is -1.91. The zero-order valence-electron chi connectivity index (χ0n) is 6.03. The second kappa shape index (κ2) is 4.59. The van der Waals surface area contributed by atoms with Crippen LogP contribution in [-0.4, -0.2) is 10.9 Å². The lowest BCUT2D eigenvalue weighted by Crippen LogP contribution is -1.78. The van der Waals surface area contributed by atoms with E-state index in [1.54, 1.807) is 11.3 Å². The van der Waals surface area contributed by atoms with Crippen molar-refractivity contribution < 1.29 is 5.11 Å². The lowest BCUT2D eigenvalue weighted by atomic mass is 10.2. The minimum absolute atomic E-state index is 0.129. The molecule has 1 aromatic heterocycles. The average molecular weight is 186 g/mol. The Balaban J connectivity index is 2.76. The van der Waals surface area contributed by atoms with E-state index in [2.05, 4.69) is 12.6 Å². The minimum atomic E-state index is 0.129. The molecule has 60 valence electrons. The zero-order chi connectivity index (χ0) is 8.10. The number of aliphatic hydroxyl groups is 1. The van der Waals surface area contributed by atoms with E-state index in [9.17, 15) is 0 Å². The van der Waals surface area contributed by atoms with Gasteiger partial charge >= 0.3 is 0 Å². The topological polar surface area (TPSA) is 20.2 Å². The Kier molecular flexibility index (Phi) is 3.69. The molecule has 0 aromatic carbocycles. The zero-order valence-corrected chi connectivity index (χ0v) is 7.74. The molecule has 0 aliphatic carbocycles. The predicted molar refractivity (Wildman–Crippen MR) is 53.1 cm³/mol. The lowest BCUT2D eigenvalue weighted by molar-refractivity contribution is 0.285. The largest absolute Gasteiger partial charge is 0.391 e. The molecule has 1 N–H and O–H groups in total. The fraction of sp³-hybridized carbons (Fsp3) is 0.250. The van der Waals surface area contributed by atoms with Crippen LogP contribution in [0.4, 0.5) is 0 Å². The molecule has 1 aromatic rings. The maximum absolute atomic E-state index is 8.86. The molecule has 0 bridgehead atoms. The third-order valence-corrected chi connectivity index (χ3v) is 2.46. The van der Waals surface area contributed by atoms with E-state index in [1.165, 1.54) is 0 Å². The number of thiol groups is 1. The van der Waals surface area contributed by atoms with Crippen molar-refractivity contribution in [3.63, 3.8) is 0 Å². The SMILES string of the molecule is OCc1sccc1C=CCS. The van der Waals surface area contributed by atoms with E-state index in [1.807, 2.05) is 23.6 Å². The van der Waals surface area contributed by atoms with E-state index in [-0.39, 0.29) is 6.61 Å². The van der Waals surface area contributed by atoms with Gasteiger partial charge in [-0.25, -0.2) is 0 Å². The van der Waals surface area contributed by atoms with Crippen molar-refractivity contribution in [3.8, 4) is 0 Å². The van der Waals surface area contributed by atoms with E-state index in [4.69, 9.17) is 5.11 Å². The van der Waals surface area contributed by atoms with E-state index < -0.39 is 0 Å². The van der Waals surface area contributed by atoms with E-state index in [0.717, 1.165) is 16.2 Å². The van der Waals surface area contributed by atoms with Gasteiger partial charge in [-0.15, -0.1) is 11.3 Å². The molecule has 0 saturated heterocycles. The number of hydrogen-bond donors (Lipinski definition) is 2. The molecule has 0 spiro atoms. The number of hydrogen-bond acceptors (Lipinski definition) is 3. The van der Waals surface area contributed by atoms with Crippen molar-refractivity contribution in [1.29, 1.82) is 0 Å². The standard InChI is InChI=1S/C8H10OS2/c9-6-8-7(2-1-4-10)3-5-11-8/h1-3,5,9-10H,4,6H2. The van der Waals surface area contributed by atoms with Gasteiger partial charge in [0, 0.05) is 10.6 Å². The highest BCUT2D eigenvalue weighted by Gasteiger charge is 1.97. The Morgan fingerprint density at radius 3 is 3.09 bits per heavy atom. The number of rotatable bonds is 3. The highest BCUT2D eigenvalue weighted by Crippen LogP contribution is 2.17. The summed E-state index contributed by atoms with van der Waals surface area (Å²) in [5.74, 6) is 0.737. The summed E-state index contributed by atoms with van der Waals surface area (Å²) in [6.07, 6.45) is 3.94. The molecule has 0 atom stereocenters. The summed E-state index contributed by atoms with van der Waals surface area (Å²) >= 11 is 5.62. The van der Waals surface area contributed by atoms with Crippen molar-refractivity contribution in [2.45, 2.75) is 6.61 Å². The van der Waals surface area contributed by atoms with Crippen molar-refractivity contribution in [2.24, 2.45) is 0 Å². The first kappa shape index (κ1) is 8.84. The molecule has 0 saturated carbocycles. The summed E-state index contributed by atoms with van der Waals surface area (Å²) in [4.78, 5) is 1.02. The van der Waals surface area contributed by atoms with Crippen LogP contribution in [0.3, 0.4) is 0 Å². The number of thiophene rings is 1. The van der Waals surface area contributed by atoms with Crippen molar-refractivity contribution in [2.75, 3.05) is 5.75 Å². The fourth-order valence-electron chi connectivity index (χ4n) is 0.807. The fourth-order valence-corrected chi connectivity index (χ4v) is 1.64. The Morgan fingerprint density at radius 2 is 2.45 bits per heavy atom. The van der Waals surface area contributed by atoms with Gasteiger partial charge in [0.2, 0.25) is 0 Å². The van der Waals surface area contributed by atoms with Gasteiger partial charge in [-0.2, -0.15) is 12.6 Å². The molecule has 0 aliphatic heterocycles. The molecule has 11 heavy (non-hydrogen) atoms. The van der Waals surface area contributed by atoms with Gasteiger partial charge < -0.3 is 5.11 Å². The van der Waals surface area contributed by atoms with Gasteiger partial charge in [0.25, 0.3) is 0 Å². The summed E-state index contributed by atoms with van der Waals surface area (Å²) in [7, 11) is 0. The maximum Gasteiger partial charge on any atom is 0.0780 e. The van der Waals surface area contributed by atoms with Crippen LogP contribution in [0.5, 0.6) is 0 Å². The molecule has 3 heteroatoms. The Morgan fingerprint density at radius 1 is 1.64 bits per heavy atom. The van der Waals surface area contributed by atoms with Crippen LogP contribution < -0.4 is 0 Å². The first-order chi connectivity index (χ1) is 5.38. The van der Waals surface area contributed by atoms with Gasteiger partial charge in [0.1, 0.15) is 0 Å². The van der Waals surface area contributed by atoms with Crippen LogP contribution in [0.15, 0.2) is 17.5 Å². The summed E-state index contributed by atoms with van der Waals surface area (Å²) in [5, 5.41) is 10.8. The van der Waals surface area contributed by atoms with E-state index in [0.29, 0.717) is 0 Å². The molecule has 1 heterocycles. The van der Waals surface area contributed by atoms with Crippen molar-refractivity contribution >= 4 is 30.0 Å². The van der Waals surface area contributed by atoms with Gasteiger partial charge in [0.15, 0.2) is 0 Å². The van der Waals surface area contributed by atoms with Crippen LogP contribution in [0, 0.1) is 0 Å². The molecule has 0 fully saturated rings. The van der Waals surface area contributed by atoms with Crippen LogP contribution in [0.25, 0.3) is 6.08 Å². The Labute approximate surface area is 75.8 Å². The molecular weight excluding hydrogens is 176 g/mol. The first-order valence-corrected chi connectivity index (χ1v) is 4.84. The molecule has 0 amide bonds. The third kappa shape index (κ3) is 2.36. The van der Waals surface area contributed by atoms with Gasteiger partial charge in [-0.05, 0) is 17.0 Å². The van der Waals surface area contributed by atoms with E-state index >= 15 is 0 Å². The maximum atomic E-state index is 8.86. The smallest absolute Gasteiger partial charge is 0.0780 e. The highest BCUT2D eigenvalue weighted by atomic mass is 32.1. The molecule has 0 radical (unpaired) electrons. The molecule has 0 unspecified atom stereocenters. The summed E-state index contributed by atoms with van der Waals surface area (Å²) in [6.45, 7) is 0.129.